The van der Waals surface area contributed by atoms with Crippen LogP contribution in [0.1, 0.15) is 39.8 Å². The number of aromatic amines is 1. The van der Waals surface area contributed by atoms with E-state index in [4.69, 9.17) is 4.74 Å². The van der Waals surface area contributed by atoms with Crippen LogP contribution >= 0.6 is 15.9 Å². The largest absolute Gasteiger partial charge is 0.497 e. The van der Waals surface area contributed by atoms with Crippen LogP contribution in [-0.2, 0) is 4.74 Å². The van der Waals surface area contributed by atoms with Crippen molar-refractivity contribution in [3.05, 3.63) is 75.2 Å². The van der Waals surface area contributed by atoms with Gasteiger partial charge in [0.2, 0.25) is 0 Å². The fraction of sp³-hybridized carbons (Fsp3) is 0.158. The second kappa shape index (κ2) is 7.01. The van der Waals surface area contributed by atoms with Crippen molar-refractivity contribution in [1.82, 2.24) is 4.98 Å². The number of carbonyl (C=O) groups excluding carboxylic acids is 2. The van der Waals surface area contributed by atoms with Gasteiger partial charge >= 0.3 is 0 Å². The summed E-state index contributed by atoms with van der Waals surface area (Å²) in [6.45, 7) is 2.34. The van der Waals surface area contributed by atoms with Gasteiger partial charge in [0.25, 0.3) is 0 Å². The number of ether oxygens (including phenoxy) is 1. The van der Waals surface area contributed by atoms with Gasteiger partial charge in [-0.15, -0.1) is 0 Å². The molecule has 3 rings (SSSR count). The minimum Gasteiger partial charge on any atom is -0.497 e. The van der Waals surface area contributed by atoms with Crippen molar-refractivity contribution in [1.29, 1.82) is 0 Å². The summed E-state index contributed by atoms with van der Waals surface area (Å²) in [6, 6.07) is 9.38. The van der Waals surface area contributed by atoms with Crippen molar-refractivity contribution >= 4 is 33.6 Å². The van der Waals surface area contributed by atoms with Crippen molar-refractivity contribution in [3.8, 4) is 0 Å². The van der Waals surface area contributed by atoms with Crippen molar-refractivity contribution in [3.63, 3.8) is 0 Å². The summed E-state index contributed by atoms with van der Waals surface area (Å²) < 4.78 is 6.66. The molecular weight excluding hydrogens is 370 g/mol. The van der Waals surface area contributed by atoms with E-state index in [0.717, 1.165) is 22.0 Å². The van der Waals surface area contributed by atoms with Crippen molar-refractivity contribution in [2.75, 3.05) is 6.61 Å². The molecule has 0 atom stereocenters. The number of allylic oxidation sites excluding steroid dienone is 3. The SMILES string of the molecule is CC1=C(C(=O)c2c[nH]c(C=O)c2)C(c2ccc(Br)cc2)=CCCO1. The Bertz CT molecular complexity index is 844. The van der Waals surface area contributed by atoms with Gasteiger partial charge in [0.1, 0.15) is 5.76 Å². The standard InChI is InChI=1S/C19H16BrNO3/c1-12-18(19(23)14-9-16(11-22)21-10-14)17(3-2-8-24-12)13-4-6-15(20)7-5-13/h3-7,9-11,21H,2,8H2,1H3. The molecule has 0 fully saturated rings. The Morgan fingerprint density at radius 2 is 2.04 bits per heavy atom. The van der Waals surface area contributed by atoms with E-state index >= 15 is 0 Å². The van der Waals surface area contributed by atoms with E-state index in [0.29, 0.717) is 35.5 Å². The summed E-state index contributed by atoms with van der Waals surface area (Å²) in [5.74, 6) is 0.438. The minimum atomic E-state index is -0.159. The summed E-state index contributed by atoms with van der Waals surface area (Å²) in [5, 5.41) is 0. The molecule has 0 saturated heterocycles. The predicted molar refractivity (Wildman–Crippen MR) is 95.9 cm³/mol. The summed E-state index contributed by atoms with van der Waals surface area (Å²) in [4.78, 5) is 26.7. The molecule has 1 aromatic heterocycles. The number of Topliss-reactive ketones (excluding diaryl/α,β-unsaturated/α-hetero) is 1. The van der Waals surface area contributed by atoms with E-state index in [1.54, 1.807) is 19.2 Å². The fourth-order valence-electron chi connectivity index (χ4n) is 2.71. The molecule has 1 N–H and O–H groups in total. The Hall–Kier alpha value is -2.40. The first-order chi connectivity index (χ1) is 11.6. The number of carbonyl (C=O) groups is 2. The maximum absolute atomic E-state index is 13.0. The Morgan fingerprint density at radius 3 is 2.71 bits per heavy atom. The van der Waals surface area contributed by atoms with Crippen LogP contribution in [0, 0.1) is 0 Å². The molecule has 2 aromatic rings. The van der Waals surface area contributed by atoms with E-state index in [9.17, 15) is 9.59 Å². The first kappa shape index (κ1) is 16.5. The first-order valence-electron chi connectivity index (χ1n) is 7.58. The molecule has 0 saturated carbocycles. The molecule has 122 valence electrons. The highest BCUT2D eigenvalue weighted by Crippen LogP contribution is 2.32. The topological polar surface area (TPSA) is 59.2 Å². The second-order valence-electron chi connectivity index (χ2n) is 5.48. The van der Waals surface area contributed by atoms with Crippen molar-refractivity contribution < 1.29 is 14.3 Å². The summed E-state index contributed by atoms with van der Waals surface area (Å²) in [6.07, 6.45) is 5.00. The molecule has 0 amide bonds. The van der Waals surface area contributed by atoms with E-state index in [2.05, 4.69) is 20.9 Å². The third-order valence-corrected chi connectivity index (χ3v) is 4.41. The highest BCUT2D eigenvalue weighted by atomic mass is 79.9. The molecule has 5 heteroatoms. The lowest BCUT2D eigenvalue weighted by Crippen LogP contribution is -2.08. The Labute approximate surface area is 148 Å². The third-order valence-electron chi connectivity index (χ3n) is 3.88. The number of rotatable bonds is 4. The maximum atomic E-state index is 13.0. The minimum absolute atomic E-state index is 0.159. The Kier molecular flexibility index (Phi) is 4.81. The molecule has 0 aliphatic carbocycles. The van der Waals surface area contributed by atoms with Gasteiger partial charge in [0.05, 0.1) is 17.9 Å². The zero-order chi connectivity index (χ0) is 17.1. The quantitative estimate of drug-likeness (QED) is 0.620. The van der Waals surface area contributed by atoms with Crippen LogP contribution in [-0.4, -0.2) is 23.7 Å². The van der Waals surface area contributed by atoms with Gasteiger partial charge in [-0.2, -0.15) is 0 Å². The molecule has 0 unspecified atom stereocenters. The Morgan fingerprint density at radius 1 is 1.29 bits per heavy atom. The van der Waals surface area contributed by atoms with E-state index in [1.165, 1.54) is 0 Å². The number of aldehydes is 1. The number of benzene rings is 1. The number of H-pyrrole nitrogens is 1. The second-order valence-corrected chi connectivity index (χ2v) is 6.40. The van der Waals surface area contributed by atoms with Crippen molar-refractivity contribution in [2.45, 2.75) is 13.3 Å². The third kappa shape index (κ3) is 3.26. The van der Waals surface area contributed by atoms with E-state index in [-0.39, 0.29) is 5.78 Å². The Balaban J connectivity index is 2.07. The predicted octanol–water partition coefficient (Wildman–Crippen LogP) is 4.55. The van der Waals surface area contributed by atoms with Gasteiger partial charge in [-0.05, 0) is 36.3 Å². The number of nitrogens with one attached hydrogen (secondary N) is 1. The van der Waals surface area contributed by atoms with Crippen LogP contribution in [0.15, 0.2) is 58.4 Å². The van der Waals surface area contributed by atoms with Crippen LogP contribution in [0.5, 0.6) is 0 Å². The average molecular weight is 386 g/mol. The number of hydrogen-bond donors (Lipinski definition) is 1. The van der Waals surface area contributed by atoms with Crippen LogP contribution in [0.4, 0.5) is 0 Å². The van der Waals surface area contributed by atoms with Gasteiger partial charge < -0.3 is 9.72 Å². The van der Waals surface area contributed by atoms with E-state index < -0.39 is 0 Å². The van der Waals surface area contributed by atoms with Crippen LogP contribution in [0.3, 0.4) is 0 Å². The number of aromatic nitrogens is 1. The zero-order valence-corrected chi connectivity index (χ0v) is 14.7. The first-order valence-corrected chi connectivity index (χ1v) is 8.38. The lowest BCUT2D eigenvalue weighted by Gasteiger charge is -2.13. The molecule has 1 aliphatic rings. The summed E-state index contributed by atoms with van der Waals surface area (Å²) in [7, 11) is 0. The van der Waals surface area contributed by atoms with Gasteiger partial charge in [-0.3, -0.25) is 9.59 Å². The summed E-state index contributed by atoms with van der Waals surface area (Å²) >= 11 is 3.43. The molecule has 0 radical (unpaired) electrons. The van der Waals surface area contributed by atoms with Crippen LogP contribution in [0.25, 0.3) is 5.57 Å². The molecule has 1 aliphatic heterocycles. The summed E-state index contributed by atoms with van der Waals surface area (Å²) in [5.41, 5.74) is 3.17. The molecule has 24 heavy (non-hydrogen) atoms. The van der Waals surface area contributed by atoms with Crippen molar-refractivity contribution in [2.24, 2.45) is 0 Å². The molecular formula is C19H16BrNO3. The monoisotopic (exact) mass is 385 g/mol. The average Bonchev–Trinajstić information content (AvgIpc) is 2.99. The van der Waals surface area contributed by atoms with Gasteiger partial charge in [-0.25, -0.2) is 0 Å². The van der Waals surface area contributed by atoms with Crippen LogP contribution in [0.2, 0.25) is 0 Å². The molecule has 0 spiro atoms. The lowest BCUT2D eigenvalue weighted by atomic mass is 9.91. The number of halogens is 1. The van der Waals surface area contributed by atoms with Gasteiger partial charge in [0.15, 0.2) is 12.1 Å². The number of ketones is 1. The molecule has 1 aromatic carbocycles. The normalized spacial score (nSPS) is 14.7. The molecule has 4 nitrogen and oxygen atoms in total. The zero-order valence-electron chi connectivity index (χ0n) is 13.1. The smallest absolute Gasteiger partial charge is 0.198 e. The lowest BCUT2D eigenvalue weighted by molar-refractivity contribution is 0.103. The van der Waals surface area contributed by atoms with Gasteiger partial charge in [-0.1, -0.05) is 34.1 Å². The van der Waals surface area contributed by atoms with E-state index in [1.807, 2.05) is 30.3 Å². The maximum Gasteiger partial charge on any atom is 0.198 e. The highest BCUT2D eigenvalue weighted by Gasteiger charge is 2.24. The highest BCUT2D eigenvalue weighted by molar-refractivity contribution is 9.10. The molecule has 2 heterocycles. The van der Waals surface area contributed by atoms with Gasteiger partial charge in [0, 0.05) is 22.7 Å². The van der Waals surface area contributed by atoms with Crippen LogP contribution < -0.4 is 0 Å². The fourth-order valence-corrected chi connectivity index (χ4v) is 2.97. The number of hydrogen-bond acceptors (Lipinski definition) is 3. The molecule has 0 bridgehead atoms.